The van der Waals surface area contributed by atoms with E-state index in [1.54, 1.807) is 24.3 Å². The monoisotopic (exact) mass is 342 g/mol. The van der Waals surface area contributed by atoms with Crippen molar-refractivity contribution in [1.82, 2.24) is 0 Å². The molecule has 0 saturated carbocycles. The second-order valence-corrected chi connectivity index (χ2v) is 5.51. The van der Waals surface area contributed by atoms with Crippen molar-refractivity contribution in [2.75, 3.05) is 0 Å². The van der Waals surface area contributed by atoms with Crippen LogP contribution in [0.1, 0.15) is 15.9 Å². The van der Waals surface area contributed by atoms with Crippen LogP contribution in [0.25, 0.3) is 0 Å². The first-order chi connectivity index (χ1) is 8.58. The largest absolute Gasteiger partial charge is 0.294 e. The van der Waals surface area contributed by atoms with Crippen LogP contribution in [-0.2, 0) is 6.42 Å². The summed E-state index contributed by atoms with van der Waals surface area (Å²) in [6.45, 7) is 0. The molecule has 0 bridgehead atoms. The minimum atomic E-state index is 0.00615. The normalized spacial score (nSPS) is 10.4. The molecule has 0 spiro atoms. The Morgan fingerprint density at radius 2 is 1.83 bits per heavy atom. The van der Waals surface area contributed by atoms with Gasteiger partial charge in [-0.25, -0.2) is 0 Å². The van der Waals surface area contributed by atoms with E-state index in [9.17, 15) is 4.79 Å². The fourth-order valence-corrected chi connectivity index (χ4v) is 2.52. The fraction of sp³-hybridized carbons (Fsp3) is 0.0714. The van der Waals surface area contributed by atoms with E-state index in [-0.39, 0.29) is 12.2 Å². The van der Waals surface area contributed by atoms with E-state index in [0.29, 0.717) is 15.6 Å². The predicted octanol–water partition coefficient (Wildman–Crippen LogP) is 5.18. The van der Waals surface area contributed by atoms with Crippen LogP contribution in [0, 0.1) is 0 Å². The minimum absolute atomic E-state index is 0.00615. The molecule has 18 heavy (non-hydrogen) atoms. The van der Waals surface area contributed by atoms with E-state index in [1.807, 2.05) is 18.2 Å². The van der Waals surface area contributed by atoms with Crippen LogP contribution in [0.15, 0.2) is 46.9 Å². The highest BCUT2D eigenvalue weighted by Gasteiger charge is 2.12. The highest BCUT2D eigenvalue weighted by molar-refractivity contribution is 9.10. The maximum absolute atomic E-state index is 12.2. The summed E-state index contributed by atoms with van der Waals surface area (Å²) < 4.78 is 0.785. The maximum Gasteiger partial charge on any atom is 0.168 e. The summed E-state index contributed by atoms with van der Waals surface area (Å²) in [7, 11) is 0. The van der Waals surface area contributed by atoms with Gasteiger partial charge < -0.3 is 0 Å². The third kappa shape index (κ3) is 3.14. The molecular formula is C14H9BrCl2O. The lowest BCUT2D eigenvalue weighted by Crippen LogP contribution is -2.04. The number of carbonyl (C=O) groups excluding carboxylic acids is 1. The summed E-state index contributed by atoms with van der Waals surface area (Å²) in [5.41, 5.74) is 1.39. The van der Waals surface area contributed by atoms with Gasteiger partial charge in [0, 0.05) is 26.5 Å². The van der Waals surface area contributed by atoms with Crippen molar-refractivity contribution in [3.05, 3.63) is 68.1 Å². The first-order valence-corrected chi connectivity index (χ1v) is 6.84. The molecule has 0 saturated heterocycles. The van der Waals surface area contributed by atoms with Gasteiger partial charge >= 0.3 is 0 Å². The number of carbonyl (C=O) groups is 1. The molecule has 0 aliphatic carbocycles. The molecular weight excluding hydrogens is 335 g/mol. The highest BCUT2D eigenvalue weighted by Crippen LogP contribution is 2.24. The first-order valence-electron chi connectivity index (χ1n) is 5.29. The molecule has 0 aliphatic heterocycles. The standard InChI is InChI=1S/C14H9BrCl2O/c15-12-4-2-1-3-11(12)14(18)8-9-7-10(16)5-6-13(9)17/h1-7H,8H2. The van der Waals surface area contributed by atoms with Crippen molar-refractivity contribution in [2.24, 2.45) is 0 Å². The molecule has 0 atom stereocenters. The molecule has 0 amide bonds. The molecule has 0 radical (unpaired) electrons. The lowest BCUT2D eigenvalue weighted by Gasteiger charge is -2.06. The quantitative estimate of drug-likeness (QED) is 0.701. The number of ketones is 1. The lowest BCUT2D eigenvalue weighted by atomic mass is 10.0. The van der Waals surface area contributed by atoms with Crippen LogP contribution in [0.2, 0.25) is 10.0 Å². The van der Waals surface area contributed by atoms with Crippen LogP contribution < -0.4 is 0 Å². The van der Waals surface area contributed by atoms with Gasteiger partial charge in [-0.05, 0) is 29.8 Å². The number of rotatable bonds is 3. The number of Topliss-reactive ketones (excluding diaryl/α,β-unsaturated/α-hetero) is 1. The van der Waals surface area contributed by atoms with Crippen molar-refractivity contribution in [2.45, 2.75) is 6.42 Å². The maximum atomic E-state index is 12.2. The van der Waals surface area contributed by atoms with E-state index in [2.05, 4.69) is 15.9 Å². The molecule has 0 fully saturated rings. The van der Waals surface area contributed by atoms with Crippen molar-refractivity contribution in [1.29, 1.82) is 0 Å². The average Bonchev–Trinajstić information content (AvgIpc) is 2.34. The number of halogens is 3. The van der Waals surface area contributed by atoms with E-state index in [1.165, 1.54) is 0 Å². The highest BCUT2D eigenvalue weighted by atomic mass is 79.9. The van der Waals surface area contributed by atoms with Crippen LogP contribution in [0.4, 0.5) is 0 Å². The zero-order valence-electron chi connectivity index (χ0n) is 9.29. The average molecular weight is 344 g/mol. The molecule has 0 aliphatic rings. The first kappa shape index (κ1) is 13.6. The minimum Gasteiger partial charge on any atom is -0.294 e. The Kier molecular flexibility index (Phi) is 4.44. The molecule has 0 N–H and O–H groups in total. The predicted molar refractivity (Wildman–Crippen MR) is 78.6 cm³/mol. The van der Waals surface area contributed by atoms with Gasteiger partial charge in [-0.1, -0.05) is 57.3 Å². The van der Waals surface area contributed by atoms with Gasteiger partial charge in [-0.2, -0.15) is 0 Å². The van der Waals surface area contributed by atoms with Crippen LogP contribution in [0.5, 0.6) is 0 Å². The Hall–Kier alpha value is -0.830. The molecule has 4 heteroatoms. The topological polar surface area (TPSA) is 17.1 Å². The van der Waals surface area contributed by atoms with Crippen molar-refractivity contribution in [3.63, 3.8) is 0 Å². The third-order valence-corrected chi connectivity index (χ3v) is 3.83. The van der Waals surface area contributed by atoms with E-state index in [4.69, 9.17) is 23.2 Å². The third-order valence-electron chi connectivity index (χ3n) is 2.53. The summed E-state index contributed by atoms with van der Waals surface area (Å²) in [6.07, 6.45) is 0.238. The number of hydrogen-bond donors (Lipinski definition) is 0. The Morgan fingerprint density at radius 3 is 2.56 bits per heavy atom. The summed E-state index contributed by atoms with van der Waals surface area (Å²) in [6, 6.07) is 12.4. The molecule has 2 aromatic carbocycles. The molecule has 2 aromatic rings. The zero-order chi connectivity index (χ0) is 13.1. The zero-order valence-corrected chi connectivity index (χ0v) is 12.4. The number of benzene rings is 2. The Bertz CT molecular complexity index is 596. The van der Waals surface area contributed by atoms with E-state index >= 15 is 0 Å². The van der Waals surface area contributed by atoms with Crippen molar-refractivity contribution < 1.29 is 4.79 Å². The van der Waals surface area contributed by atoms with Crippen LogP contribution in [0.3, 0.4) is 0 Å². The van der Waals surface area contributed by atoms with Gasteiger partial charge in [0.1, 0.15) is 0 Å². The Morgan fingerprint density at radius 1 is 1.11 bits per heavy atom. The SMILES string of the molecule is O=C(Cc1cc(Cl)ccc1Cl)c1ccccc1Br. The second kappa shape index (κ2) is 5.87. The fourth-order valence-electron chi connectivity index (χ4n) is 1.63. The second-order valence-electron chi connectivity index (χ2n) is 3.82. The van der Waals surface area contributed by atoms with Crippen LogP contribution >= 0.6 is 39.1 Å². The van der Waals surface area contributed by atoms with E-state index < -0.39 is 0 Å². The van der Waals surface area contributed by atoms with Gasteiger partial charge in [0.2, 0.25) is 0 Å². The smallest absolute Gasteiger partial charge is 0.168 e. The van der Waals surface area contributed by atoms with Crippen LogP contribution in [-0.4, -0.2) is 5.78 Å². The summed E-state index contributed by atoms with van der Waals surface area (Å²) >= 11 is 15.3. The molecule has 0 heterocycles. The van der Waals surface area contributed by atoms with Gasteiger partial charge in [-0.15, -0.1) is 0 Å². The molecule has 92 valence electrons. The number of hydrogen-bond acceptors (Lipinski definition) is 1. The van der Waals surface area contributed by atoms with E-state index in [0.717, 1.165) is 10.0 Å². The van der Waals surface area contributed by atoms with Crippen molar-refractivity contribution >= 4 is 44.9 Å². The molecule has 2 rings (SSSR count). The van der Waals surface area contributed by atoms with Gasteiger partial charge in [0.15, 0.2) is 5.78 Å². The van der Waals surface area contributed by atoms with Gasteiger partial charge in [0.05, 0.1) is 0 Å². The summed E-state index contributed by atoms with van der Waals surface area (Å²) in [5.74, 6) is 0.00615. The van der Waals surface area contributed by atoms with Crippen molar-refractivity contribution in [3.8, 4) is 0 Å². The Balaban J connectivity index is 2.27. The summed E-state index contributed by atoms with van der Waals surface area (Å²) in [4.78, 5) is 12.2. The molecule has 0 unspecified atom stereocenters. The lowest BCUT2D eigenvalue weighted by molar-refractivity contribution is 0.0992. The molecule has 1 nitrogen and oxygen atoms in total. The van der Waals surface area contributed by atoms with Gasteiger partial charge in [0.25, 0.3) is 0 Å². The van der Waals surface area contributed by atoms with Gasteiger partial charge in [-0.3, -0.25) is 4.79 Å². The Labute approximate surface area is 124 Å². The molecule has 0 aromatic heterocycles. The summed E-state index contributed by atoms with van der Waals surface area (Å²) in [5, 5.41) is 1.13.